The minimum absolute atomic E-state index is 0.00991. The lowest BCUT2D eigenvalue weighted by atomic mass is 10.1. The summed E-state index contributed by atoms with van der Waals surface area (Å²) in [4.78, 5) is 16.7. The minimum atomic E-state index is -0.00991. The Kier molecular flexibility index (Phi) is 4.68. The van der Waals surface area contributed by atoms with Crippen LogP contribution in [-0.4, -0.2) is 16.6 Å². The standard InChI is InChI=1S/C20H16N2OS2/c23-18(13-24-12-14-6-2-1-3-7-14)22-20-21-17-11-10-15-8-4-5-9-16(15)19(17)25-20/h1-11H,12-13H2,(H,21,22,23). The molecular formula is C20H16N2OS2. The van der Waals surface area contributed by atoms with E-state index in [4.69, 9.17) is 0 Å². The summed E-state index contributed by atoms with van der Waals surface area (Å²) in [5.41, 5.74) is 2.16. The van der Waals surface area contributed by atoms with E-state index in [1.54, 1.807) is 11.8 Å². The maximum absolute atomic E-state index is 12.2. The number of thiazole rings is 1. The first-order valence-corrected chi connectivity index (χ1v) is 9.96. The highest BCUT2D eigenvalue weighted by Crippen LogP contribution is 2.32. The van der Waals surface area contributed by atoms with Crippen molar-refractivity contribution in [2.24, 2.45) is 0 Å². The zero-order valence-electron chi connectivity index (χ0n) is 13.4. The molecule has 0 aliphatic carbocycles. The molecule has 124 valence electrons. The lowest BCUT2D eigenvalue weighted by Gasteiger charge is -2.02. The van der Waals surface area contributed by atoms with Crippen molar-refractivity contribution in [3.63, 3.8) is 0 Å². The Hall–Kier alpha value is -2.37. The first kappa shape index (κ1) is 16.1. The van der Waals surface area contributed by atoms with Crippen LogP contribution in [0.4, 0.5) is 5.13 Å². The fourth-order valence-corrected chi connectivity index (χ4v) is 4.50. The second-order valence-corrected chi connectivity index (χ2v) is 7.67. The molecule has 1 aromatic heterocycles. The van der Waals surface area contributed by atoms with Gasteiger partial charge in [-0.05, 0) is 17.0 Å². The van der Waals surface area contributed by atoms with Gasteiger partial charge in [-0.25, -0.2) is 4.98 Å². The molecule has 0 fully saturated rings. The van der Waals surface area contributed by atoms with E-state index in [2.05, 4.69) is 40.6 Å². The number of carbonyl (C=O) groups excluding carboxylic acids is 1. The fraction of sp³-hybridized carbons (Fsp3) is 0.100. The molecule has 1 amide bonds. The number of hydrogen-bond donors (Lipinski definition) is 1. The average Bonchev–Trinajstić information content (AvgIpc) is 3.05. The molecule has 0 aliphatic rings. The highest BCUT2D eigenvalue weighted by Gasteiger charge is 2.10. The van der Waals surface area contributed by atoms with Crippen molar-refractivity contribution < 1.29 is 4.79 Å². The van der Waals surface area contributed by atoms with Gasteiger partial charge in [-0.3, -0.25) is 4.79 Å². The number of hydrogen-bond acceptors (Lipinski definition) is 4. The van der Waals surface area contributed by atoms with Gasteiger partial charge < -0.3 is 5.32 Å². The van der Waals surface area contributed by atoms with E-state index in [-0.39, 0.29) is 5.91 Å². The van der Waals surface area contributed by atoms with Gasteiger partial charge in [0.15, 0.2) is 5.13 Å². The summed E-state index contributed by atoms with van der Waals surface area (Å²) in [5.74, 6) is 1.24. The predicted molar refractivity (Wildman–Crippen MR) is 108 cm³/mol. The van der Waals surface area contributed by atoms with Crippen LogP contribution in [0.2, 0.25) is 0 Å². The van der Waals surface area contributed by atoms with Crippen LogP contribution in [-0.2, 0) is 10.5 Å². The van der Waals surface area contributed by atoms with Gasteiger partial charge in [0.05, 0.1) is 16.0 Å². The number of benzene rings is 3. The third-order valence-electron chi connectivity index (χ3n) is 3.87. The van der Waals surface area contributed by atoms with Crippen LogP contribution in [0.25, 0.3) is 21.0 Å². The summed E-state index contributed by atoms with van der Waals surface area (Å²) < 4.78 is 1.12. The van der Waals surface area contributed by atoms with E-state index >= 15 is 0 Å². The number of fused-ring (bicyclic) bond motifs is 3. The molecule has 3 nitrogen and oxygen atoms in total. The van der Waals surface area contributed by atoms with Crippen LogP contribution in [0, 0.1) is 0 Å². The largest absolute Gasteiger partial charge is 0.301 e. The van der Waals surface area contributed by atoms with Crippen molar-refractivity contribution >= 4 is 55.1 Å². The zero-order valence-corrected chi connectivity index (χ0v) is 15.1. The Morgan fingerprint density at radius 2 is 1.80 bits per heavy atom. The molecule has 3 aromatic carbocycles. The van der Waals surface area contributed by atoms with E-state index in [1.807, 2.05) is 36.4 Å². The molecule has 25 heavy (non-hydrogen) atoms. The van der Waals surface area contributed by atoms with Crippen LogP contribution >= 0.6 is 23.1 Å². The molecule has 1 heterocycles. The molecule has 0 aliphatic heterocycles. The number of rotatable bonds is 5. The number of aromatic nitrogens is 1. The van der Waals surface area contributed by atoms with E-state index in [1.165, 1.54) is 27.7 Å². The molecule has 5 heteroatoms. The normalized spacial score (nSPS) is 11.0. The summed E-state index contributed by atoms with van der Waals surface area (Å²) in [5, 5.41) is 5.96. The molecule has 0 atom stereocenters. The Balaban J connectivity index is 1.43. The molecule has 0 radical (unpaired) electrons. The Morgan fingerprint density at radius 1 is 1.00 bits per heavy atom. The summed E-state index contributed by atoms with van der Waals surface area (Å²) >= 11 is 3.14. The summed E-state index contributed by atoms with van der Waals surface area (Å²) in [6, 6.07) is 22.5. The Morgan fingerprint density at radius 3 is 2.68 bits per heavy atom. The van der Waals surface area contributed by atoms with E-state index in [0.717, 1.165) is 16.0 Å². The third kappa shape index (κ3) is 3.67. The quantitative estimate of drug-likeness (QED) is 0.521. The van der Waals surface area contributed by atoms with Crippen LogP contribution in [0.5, 0.6) is 0 Å². The van der Waals surface area contributed by atoms with Crippen molar-refractivity contribution in [2.75, 3.05) is 11.1 Å². The molecule has 4 rings (SSSR count). The lowest BCUT2D eigenvalue weighted by Crippen LogP contribution is -2.13. The van der Waals surface area contributed by atoms with Crippen LogP contribution < -0.4 is 5.32 Å². The van der Waals surface area contributed by atoms with E-state index < -0.39 is 0 Å². The molecule has 0 unspecified atom stereocenters. The van der Waals surface area contributed by atoms with Crippen molar-refractivity contribution in [3.8, 4) is 0 Å². The molecule has 0 spiro atoms. The first-order chi connectivity index (χ1) is 12.3. The van der Waals surface area contributed by atoms with Crippen molar-refractivity contribution in [3.05, 3.63) is 72.3 Å². The Bertz CT molecular complexity index is 1030. The van der Waals surface area contributed by atoms with Gasteiger partial charge >= 0.3 is 0 Å². The number of amides is 1. The lowest BCUT2D eigenvalue weighted by molar-refractivity contribution is -0.113. The van der Waals surface area contributed by atoms with Gasteiger partial charge in [0, 0.05) is 11.1 Å². The number of nitrogens with one attached hydrogen (secondary N) is 1. The third-order valence-corrected chi connectivity index (χ3v) is 5.89. The summed E-state index contributed by atoms with van der Waals surface area (Å²) in [6.07, 6.45) is 0. The van der Waals surface area contributed by atoms with E-state index in [0.29, 0.717) is 10.9 Å². The number of nitrogens with zero attached hydrogens (tertiary/aromatic N) is 1. The molecular weight excluding hydrogens is 348 g/mol. The van der Waals surface area contributed by atoms with Crippen LogP contribution in [0.1, 0.15) is 5.56 Å². The Labute approximate surface area is 154 Å². The highest BCUT2D eigenvalue weighted by molar-refractivity contribution is 7.99. The topological polar surface area (TPSA) is 42.0 Å². The van der Waals surface area contributed by atoms with Gasteiger partial charge in [-0.2, -0.15) is 0 Å². The van der Waals surface area contributed by atoms with Gasteiger partial charge in [0.1, 0.15) is 0 Å². The fourth-order valence-electron chi connectivity index (χ4n) is 2.70. The van der Waals surface area contributed by atoms with Gasteiger partial charge in [-0.1, -0.05) is 72.0 Å². The first-order valence-electron chi connectivity index (χ1n) is 7.99. The van der Waals surface area contributed by atoms with Crippen molar-refractivity contribution in [1.82, 2.24) is 4.98 Å². The molecule has 0 bridgehead atoms. The van der Waals surface area contributed by atoms with Gasteiger partial charge in [0.25, 0.3) is 0 Å². The summed E-state index contributed by atoms with van der Waals surface area (Å²) in [7, 11) is 0. The summed E-state index contributed by atoms with van der Waals surface area (Å²) in [6.45, 7) is 0. The van der Waals surface area contributed by atoms with Gasteiger partial charge in [0.2, 0.25) is 5.91 Å². The van der Waals surface area contributed by atoms with Crippen molar-refractivity contribution in [2.45, 2.75) is 5.75 Å². The molecule has 1 N–H and O–H groups in total. The van der Waals surface area contributed by atoms with Crippen LogP contribution in [0.15, 0.2) is 66.7 Å². The van der Waals surface area contributed by atoms with E-state index in [9.17, 15) is 4.79 Å². The highest BCUT2D eigenvalue weighted by atomic mass is 32.2. The molecule has 0 saturated carbocycles. The minimum Gasteiger partial charge on any atom is -0.301 e. The average molecular weight is 364 g/mol. The van der Waals surface area contributed by atoms with Crippen molar-refractivity contribution in [1.29, 1.82) is 0 Å². The van der Waals surface area contributed by atoms with Crippen LogP contribution in [0.3, 0.4) is 0 Å². The predicted octanol–water partition coefficient (Wildman–Crippen LogP) is 5.32. The number of anilines is 1. The smallest absolute Gasteiger partial charge is 0.236 e. The second kappa shape index (κ2) is 7.25. The van der Waals surface area contributed by atoms with Gasteiger partial charge in [-0.15, -0.1) is 11.8 Å². The SMILES string of the molecule is O=C(CSCc1ccccc1)Nc1nc2ccc3ccccc3c2s1. The molecule has 0 saturated heterocycles. The molecule has 4 aromatic rings. The monoisotopic (exact) mass is 364 g/mol. The maximum atomic E-state index is 12.2. The number of thioether (sulfide) groups is 1. The number of carbonyl (C=O) groups is 1. The maximum Gasteiger partial charge on any atom is 0.236 e. The zero-order chi connectivity index (χ0) is 17.1. The second-order valence-electron chi connectivity index (χ2n) is 5.68.